The van der Waals surface area contributed by atoms with Crippen LogP contribution in [0.2, 0.25) is 0 Å². The van der Waals surface area contributed by atoms with Crippen LogP contribution in [-0.4, -0.2) is 42.5 Å². The molecule has 0 saturated carbocycles. The molecule has 0 spiro atoms. The summed E-state index contributed by atoms with van der Waals surface area (Å²) in [5.74, 6) is 0.586. The topological polar surface area (TPSA) is 61.9 Å². The van der Waals surface area contributed by atoms with Crippen LogP contribution in [0, 0.1) is 0 Å². The van der Waals surface area contributed by atoms with Crippen molar-refractivity contribution in [2.45, 2.75) is 64.6 Å². The van der Waals surface area contributed by atoms with Crippen molar-refractivity contribution in [2.24, 2.45) is 0 Å². The fourth-order valence-corrected chi connectivity index (χ4v) is 5.34. The number of ether oxygens (including phenoxy) is 1. The first kappa shape index (κ1) is 26.9. The van der Waals surface area contributed by atoms with Crippen LogP contribution in [0.15, 0.2) is 72.8 Å². The van der Waals surface area contributed by atoms with Gasteiger partial charge >= 0.3 is 0 Å². The van der Waals surface area contributed by atoms with Gasteiger partial charge in [-0.1, -0.05) is 69.3 Å². The molecule has 2 aliphatic rings. The lowest BCUT2D eigenvalue weighted by Gasteiger charge is -2.32. The molecule has 39 heavy (non-hydrogen) atoms. The molecular weight excluding hydrogens is 486 g/mol. The molecule has 0 bridgehead atoms. The highest BCUT2D eigenvalue weighted by atomic mass is 16.5. The highest BCUT2D eigenvalue weighted by Crippen LogP contribution is 2.38. The number of hydrogen-bond donors (Lipinski definition) is 1. The SMILES string of the molecule is CCC(C)(C)c1ccc2c(c1)N(Cc1cccc(C(=O)NC3CCN(Cc4ccccc4)CC3)c1)C(=O)CO2. The molecule has 2 heterocycles. The quantitative estimate of drug-likeness (QED) is 0.410. The van der Waals surface area contributed by atoms with Crippen LogP contribution in [0.3, 0.4) is 0 Å². The van der Waals surface area contributed by atoms with Crippen LogP contribution in [0.4, 0.5) is 5.69 Å². The normalized spacial score (nSPS) is 16.5. The summed E-state index contributed by atoms with van der Waals surface area (Å²) in [6, 6.07) is 24.5. The van der Waals surface area contributed by atoms with Crippen molar-refractivity contribution in [3.8, 4) is 5.75 Å². The maximum Gasteiger partial charge on any atom is 0.265 e. The Morgan fingerprint density at radius 3 is 2.44 bits per heavy atom. The first-order valence-electron chi connectivity index (χ1n) is 14.1. The number of amides is 2. The van der Waals surface area contributed by atoms with Crippen LogP contribution in [-0.2, 0) is 23.3 Å². The highest BCUT2D eigenvalue weighted by Gasteiger charge is 2.29. The van der Waals surface area contributed by atoms with Crippen LogP contribution in [0.1, 0.15) is 67.1 Å². The van der Waals surface area contributed by atoms with Gasteiger partial charge in [0.2, 0.25) is 0 Å². The molecule has 0 unspecified atom stereocenters. The summed E-state index contributed by atoms with van der Waals surface area (Å²) in [6.45, 7) is 9.88. The molecule has 2 amide bonds. The first-order chi connectivity index (χ1) is 18.8. The monoisotopic (exact) mass is 525 g/mol. The van der Waals surface area contributed by atoms with Crippen molar-refractivity contribution in [1.29, 1.82) is 0 Å². The lowest BCUT2D eigenvalue weighted by molar-refractivity contribution is -0.121. The largest absolute Gasteiger partial charge is 0.482 e. The van der Waals surface area contributed by atoms with E-state index in [1.165, 1.54) is 11.1 Å². The van der Waals surface area contributed by atoms with Crippen molar-refractivity contribution in [3.05, 3.63) is 95.1 Å². The molecule has 1 saturated heterocycles. The summed E-state index contributed by atoms with van der Waals surface area (Å²) in [6.07, 6.45) is 2.87. The number of rotatable bonds is 8. The second-order valence-electron chi connectivity index (χ2n) is 11.4. The van der Waals surface area contributed by atoms with E-state index >= 15 is 0 Å². The Morgan fingerprint density at radius 1 is 0.949 bits per heavy atom. The zero-order valence-electron chi connectivity index (χ0n) is 23.3. The molecule has 3 aromatic carbocycles. The van der Waals surface area contributed by atoms with Crippen LogP contribution < -0.4 is 15.0 Å². The van der Waals surface area contributed by atoms with Gasteiger partial charge in [-0.25, -0.2) is 0 Å². The van der Waals surface area contributed by atoms with Gasteiger partial charge < -0.3 is 15.0 Å². The van der Waals surface area contributed by atoms with E-state index in [1.807, 2.05) is 36.4 Å². The lowest BCUT2D eigenvalue weighted by atomic mass is 9.82. The number of carbonyl (C=O) groups is 2. The van der Waals surface area contributed by atoms with E-state index in [0.717, 1.165) is 55.9 Å². The third-order valence-corrected chi connectivity index (χ3v) is 8.27. The van der Waals surface area contributed by atoms with Crippen LogP contribution in [0.25, 0.3) is 0 Å². The van der Waals surface area contributed by atoms with E-state index in [4.69, 9.17) is 4.74 Å². The molecule has 5 rings (SSSR count). The summed E-state index contributed by atoms with van der Waals surface area (Å²) in [4.78, 5) is 30.3. The maximum atomic E-state index is 13.2. The molecule has 2 aliphatic heterocycles. The maximum absolute atomic E-state index is 13.2. The van der Waals surface area contributed by atoms with Crippen LogP contribution >= 0.6 is 0 Å². The zero-order chi connectivity index (χ0) is 27.4. The molecule has 6 heteroatoms. The standard InChI is InChI=1S/C33H39N3O3/c1-4-33(2,3)27-13-14-30-29(20-27)36(31(37)23-39-30)22-25-11-8-12-26(19-25)32(38)34-28-15-17-35(18-16-28)21-24-9-6-5-7-10-24/h5-14,19-20,28H,4,15-18,21-23H2,1-3H3,(H,34,38). The predicted octanol–water partition coefficient (Wildman–Crippen LogP) is 5.69. The Morgan fingerprint density at radius 2 is 1.69 bits per heavy atom. The minimum atomic E-state index is -0.0777. The highest BCUT2D eigenvalue weighted by molar-refractivity contribution is 5.98. The second-order valence-corrected chi connectivity index (χ2v) is 11.4. The van der Waals surface area contributed by atoms with Gasteiger partial charge in [0.1, 0.15) is 5.75 Å². The molecule has 0 radical (unpaired) electrons. The van der Waals surface area contributed by atoms with E-state index in [0.29, 0.717) is 12.1 Å². The predicted molar refractivity (Wildman–Crippen MR) is 155 cm³/mol. The number of likely N-dealkylation sites (tertiary alicyclic amines) is 1. The fourth-order valence-electron chi connectivity index (χ4n) is 5.34. The van der Waals surface area contributed by atoms with Gasteiger partial charge in [-0.3, -0.25) is 14.5 Å². The third-order valence-electron chi connectivity index (χ3n) is 8.27. The number of nitrogens with one attached hydrogen (secondary N) is 1. The van der Waals surface area contributed by atoms with Gasteiger partial charge in [0, 0.05) is 31.2 Å². The van der Waals surface area contributed by atoms with Gasteiger partial charge in [0.25, 0.3) is 11.8 Å². The van der Waals surface area contributed by atoms with Crippen LogP contribution in [0.5, 0.6) is 5.75 Å². The van der Waals surface area contributed by atoms with Crippen molar-refractivity contribution in [3.63, 3.8) is 0 Å². The average molecular weight is 526 g/mol. The number of hydrogen-bond acceptors (Lipinski definition) is 4. The number of fused-ring (bicyclic) bond motifs is 1. The minimum Gasteiger partial charge on any atom is -0.482 e. The summed E-state index contributed by atoms with van der Waals surface area (Å²) in [5.41, 5.74) is 4.83. The Labute approximate surface area is 232 Å². The minimum absolute atomic E-state index is 0.00308. The Balaban J connectivity index is 1.23. The van der Waals surface area contributed by atoms with Crippen molar-refractivity contribution in [2.75, 3.05) is 24.6 Å². The summed E-state index contributed by atoms with van der Waals surface area (Å²) >= 11 is 0. The van der Waals surface area contributed by atoms with Crippen molar-refractivity contribution in [1.82, 2.24) is 10.2 Å². The van der Waals surface area contributed by atoms with Crippen molar-refractivity contribution >= 4 is 17.5 Å². The Bertz CT molecular complexity index is 1310. The smallest absolute Gasteiger partial charge is 0.265 e. The molecular formula is C33H39N3O3. The van der Waals surface area contributed by atoms with E-state index in [9.17, 15) is 9.59 Å². The van der Waals surface area contributed by atoms with Gasteiger partial charge in [-0.2, -0.15) is 0 Å². The van der Waals surface area contributed by atoms with Gasteiger partial charge in [-0.15, -0.1) is 0 Å². The average Bonchev–Trinajstić information content (AvgIpc) is 2.96. The number of benzene rings is 3. The number of nitrogens with zero attached hydrogens (tertiary/aromatic N) is 2. The first-order valence-corrected chi connectivity index (χ1v) is 14.1. The van der Waals surface area contributed by atoms with E-state index in [1.54, 1.807) is 4.90 Å². The molecule has 1 fully saturated rings. The molecule has 6 nitrogen and oxygen atoms in total. The fraction of sp³-hybridized carbons (Fsp3) is 0.394. The lowest BCUT2D eigenvalue weighted by Crippen LogP contribution is -2.44. The summed E-state index contributed by atoms with van der Waals surface area (Å²) in [5, 5.41) is 3.24. The number of carbonyl (C=O) groups excluding carboxylic acids is 2. The Hall–Kier alpha value is -3.64. The van der Waals surface area contributed by atoms with E-state index in [-0.39, 0.29) is 29.9 Å². The summed E-state index contributed by atoms with van der Waals surface area (Å²) < 4.78 is 5.73. The zero-order valence-corrected chi connectivity index (χ0v) is 23.3. The van der Waals surface area contributed by atoms with E-state index in [2.05, 4.69) is 67.4 Å². The Kier molecular flexibility index (Phi) is 8.03. The summed E-state index contributed by atoms with van der Waals surface area (Å²) in [7, 11) is 0. The van der Waals surface area contributed by atoms with Gasteiger partial charge in [0.15, 0.2) is 6.61 Å². The van der Waals surface area contributed by atoms with Gasteiger partial charge in [0.05, 0.1) is 12.2 Å². The molecule has 0 aliphatic carbocycles. The molecule has 0 aromatic heterocycles. The third kappa shape index (κ3) is 6.34. The molecule has 3 aromatic rings. The number of anilines is 1. The second kappa shape index (κ2) is 11.6. The van der Waals surface area contributed by atoms with E-state index < -0.39 is 0 Å². The van der Waals surface area contributed by atoms with Crippen molar-refractivity contribution < 1.29 is 14.3 Å². The van der Waals surface area contributed by atoms with Gasteiger partial charge in [-0.05, 0) is 65.6 Å². The molecule has 1 N–H and O–H groups in total. The number of piperidine rings is 1. The molecule has 204 valence electrons. The molecule has 0 atom stereocenters.